The van der Waals surface area contributed by atoms with Crippen LogP contribution in [0, 0.1) is 0 Å². The van der Waals surface area contributed by atoms with E-state index in [1.54, 1.807) is 6.08 Å². The van der Waals surface area contributed by atoms with E-state index in [1.807, 2.05) is 27.2 Å². The van der Waals surface area contributed by atoms with E-state index in [4.69, 9.17) is 9.05 Å². The van der Waals surface area contributed by atoms with Crippen molar-refractivity contribution < 1.29 is 32.9 Å². The zero-order valence-corrected chi connectivity index (χ0v) is 56.5. The lowest BCUT2D eigenvalue weighted by molar-refractivity contribution is -0.870. The number of amides is 1. The average Bonchev–Trinajstić information content (AvgIpc) is 3.50. The fraction of sp³-hybridized carbons (Fsp3) is 0.824. The normalized spacial score (nSPS) is 14.1. The first kappa shape index (κ1) is 80.9. The van der Waals surface area contributed by atoms with Gasteiger partial charge in [0.15, 0.2) is 0 Å². The molecule has 0 aliphatic heterocycles. The van der Waals surface area contributed by atoms with Gasteiger partial charge in [-0.2, -0.15) is 0 Å². The largest absolute Gasteiger partial charge is 0.756 e. The predicted octanol–water partition coefficient (Wildman–Crippen LogP) is 22.3. The van der Waals surface area contributed by atoms with E-state index in [9.17, 15) is 19.4 Å². The summed E-state index contributed by atoms with van der Waals surface area (Å²) in [5.74, 6) is -0.196. The fourth-order valence-electron chi connectivity index (χ4n) is 10.7. The highest BCUT2D eigenvalue weighted by molar-refractivity contribution is 7.45. The lowest BCUT2D eigenvalue weighted by atomic mass is 10.0. The van der Waals surface area contributed by atoms with Crippen molar-refractivity contribution in [1.82, 2.24) is 5.32 Å². The molecule has 0 bridgehead atoms. The standard InChI is InChI=1S/C74H139N2O6P/c1-6-8-10-12-14-16-18-20-22-24-26-28-30-32-34-36-37-38-40-41-43-45-47-49-51-53-55-57-59-61-63-65-67-73(77)72(71-82-83(79,80)81-70-69-76(3,4)5)75-74(78)68-66-64-62-60-58-56-54-52-50-48-46-44-42-39-35-33-31-29-27-25-23-21-19-17-15-13-11-9-7-2/h9,11,15,17,21,23,27,29,33,35,65,67,72-73,77H,6-8,10,12-14,16,18-20,22,24-26,28,30-32,34,36-64,66,68-71H2,1-5H3,(H-,75,78,79,80)/b11-9-,17-15-,23-21-,29-27-,35-33-,67-65+. The van der Waals surface area contributed by atoms with Gasteiger partial charge in [-0.25, -0.2) is 0 Å². The van der Waals surface area contributed by atoms with Crippen molar-refractivity contribution in [2.45, 2.75) is 353 Å². The third kappa shape index (κ3) is 67.3. The lowest BCUT2D eigenvalue weighted by Crippen LogP contribution is -2.45. The van der Waals surface area contributed by atoms with Crippen LogP contribution in [0.4, 0.5) is 0 Å². The van der Waals surface area contributed by atoms with Crippen LogP contribution in [0.15, 0.2) is 72.9 Å². The van der Waals surface area contributed by atoms with Gasteiger partial charge in [-0.15, -0.1) is 0 Å². The molecule has 486 valence electrons. The van der Waals surface area contributed by atoms with Crippen LogP contribution in [0.3, 0.4) is 0 Å². The molecule has 2 N–H and O–H groups in total. The first-order valence-electron chi connectivity index (χ1n) is 35.8. The van der Waals surface area contributed by atoms with Crippen molar-refractivity contribution in [2.24, 2.45) is 0 Å². The Kier molecular flexibility index (Phi) is 62.8. The summed E-state index contributed by atoms with van der Waals surface area (Å²) in [4.78, 5) is 25.6. The molecular formula is C74H139N2O6P. The highest BCUT2D eigenvalue weighted by Crippen LogP contribution is 2.38. The van der Waals surface area contributed by atoms with E-state index in [0.29, 0.717) is 17.4 Å². The monoisotopic (exact) mass is 1180 g/mol. The minimum Gasteiger partial charge on any atom is -0.756 e. The number of quaternary nitrogens is 1. The minimum atomic E-state index is -4.61. The topological polar surface area (TPSA) is 108 Å². The van der Waals surface area contributed by atoms with Gasteiger partial charge in [-0.3, -0.25) is 9.36 Å². The number of hydrogen-bond acceptors (Lipinski definition) is 6. The summed E-state index contributed by atoms with van der Waals surface area (Å²) in [6.07, 6.45) is 90.3. The van der Waals surface area contributed by atoms with Crippen LogP contribution in [0.5, 0.6) is 0 Å². The van der Waals surface area contributed by atoms with E-state index in [1.165, 1.54) is 250 Å². The Hall–Kier alpha value is -2.06. The van der Waals surface area contributed by atoms with Crippen LogP contribution in [0.1, 0.15) is 341 Å². The third-order valence-electron chi connectivity index (χ3n) is 16.2. The first-order valence-corrected chi connectivity index (χ1v) is 37.3. The van der Waals surface area contributed by atoms with E-state index >= 15 is 0 Å². The van der Waals surface area contributed by atoms with Gasteiger partial charge in [0.25, 0.3) is 7.82 Å². The zero-order chi connectivity index (χ0) is 60.5. The number of nitrogens with zero attached hydrogens (tertiary/aromatic N) is 1. The molecule has 8 nitrogen and oxygen atoms in total. The van der Waals surface area contributed by atoms with E-state index < -0.39 is 20.0 Å². The highest BCUT2D eigenvalue weighted by Gasteiger charge is 2.23. The summed E-state index contributed by atoms with van der Waals surface area (Å²) in [5.41, 5.74) is 0. The Morgan fingerprint density at radius 3 is 1.07 bits per heavy atom. The highest BCUT2D eigenvalue weighted by atomic mass is 31.2. The Bertz CT molecular complexity index is 1580. The number of phosphoric ester groups is 1. The molecule has 0 aromatic heterocycles. The molecule has 9 heteroatoms. The number of phosphoric acid groups is 1. The van der Waals surface area contributed by atoms with Gasteiger partial charge in [-0.1, -0.05) is 344 Å². The number of aliphatic hydroxyl groups excluding tert-OH is 1. The molecule has 0 aromatic rings. The van der Waals surface area contributed by atoms with Crippen LogP contribution in [0.2, 0.25) is 0 Å². The molecule has 0 heterocycles. The lowest BCUT2D eigenvalue weighted by Gasteiger charge is -2.29. The second-order valence-electron chi connectivity index (χ2n) is 25.6. The van der Waals surface area contributed by atoms with Crippen molar-refractivity contribution in [2.75, 3.05) is 40.9 Å². The number of aliphatic hydroxyl groups is 1. The van der Waals surface area contributed by atoms with Crippen LogP contribution < -0.4 is 10.2 Å². The van der Waals surface area contributed by atoms with Gasteiger partial charge >= 0.3 is 0 Å². The van der Waals surface area contributed by atoms with E-state index in [0.717, 1.165) is 70.6 Å². The fourth-order valence-corrected chi connectivity index (χ4v) is 11.4. The molecular weight excluding hydrogens is 1040 g/mol. The minimum absolute atomic E-state index is 0.00261. The molecule has 1 amide bonds. The molecule has 0 aliphatic rings. The summed E-state index contributed by atoms with van der Waals surface area (Å²) >= 11 is 0. The number of rotatable bonds is 66. The molecule has 0 radical (unpaired) electrons. The molecule has 83 heavy (non-hydrogen) atoms. The number of allylic oxidation sites excluding steroid dienone is 11. The van der Waals surface area contributed by atoms with Crippen LogP contribution in [-0.2, 0) is 18.4 Å². The van der Waals surface area contributed by atoms with Crippen LogP contribution in [-0.4, -0.2) is 68.5 Å². The number of carbonyl (C=O) groups is 1. The average molecular weight is 1180 g/mol. The van der Waals surface area contributed by atoms with Gasteiger partial charge in [0.1, 0.15) is 13.2 Å². The van der Waals surface area contributed by atoms with Gasteiger partial charge in [0.2, 0.25) is 5.91 Å². The Balaban J connectivity index is 4.06. The predicted molar refractivity (Wildman–Crippen MR) is 362 cm³/mol. The maximum absolute atomic E-state index is 13.0. The summed E-state index contributed by atoms with van der Waals surface area (Å²) in [7, 11) is 1.27. The Labute approximate surface area is 516 Å². The van der Waals surface area contributed by atoms with Crippen molar-refractivity contribution in [3.8, 4) is 0 Å². The maximum Gasteiger partial charge on any atom is 0.268 e. The maximum atomic E-state index is 13.0. The quantitative estimate of drug-likeness (QED) is 0.0272. The molecule has 0 aliphatic carbocycles. The SMILES string of the molecule is CC/C=C\C/C=C\C/C=C\C/C=C\C/C=C\CCCCCCCCCCCCCCCC(=O)NC(COP(=O)([O-])OCC[N+](C)(C)C)C(O)/C=C/CCCCCCCCCCCCCCCCCCCCCCCCCCCCCCCC. The molecule has 3 atom stereocenters. The zero-order valence-electron chi connectivity index (χ0n) is 55.6. The van der Waals surface area contributed by atoms with Gasteiger partial charge in [0, 0.05) is 6.42 Å². The van der Waals surface area contributed by atoms with Crippen LogP contribution >= 0.6 is 7.82 Å². The molecule has 0 spiro atoms. The van der Waals surface area contributed by atoms with Gasteiger partial charge in [-0.05, 0) is 64.2 Å². The van der Waals surface area contributed by atoms with Crippen LogP contribution in [0.25, 0.3) is 0 Å². The number of hydrogen-bond donors (Lipinski definition) is 2. The molecule has 0 saturated carbocycles. The number of nitrogens with one attached hydrogen (secondary N) is 1. The molecule has 0 aromatic carbocycles. The Morgan fingerprint density at radius 2 is 0.735 bits per heavy atom. The summed E-state index contributed by atoms with van der Waals surface area (Å²) in [6, 6.07) is -0.893. The number of likely N-dealkylation sites (N-methyl/N-ethyl adjacent to an activating group) is 1. The van der Waals surface area contributed by atoms with Crippen molar-refractivity contribution in [3.63, 3.8) is 0 Å². The molecule has 0 rings (SSSR count). The van der Waals surface area contributed by atoms with Crippen molar-refractivity contribution in [1.29, 1.82) is 0 Å². The molecule has 0 fully saturated rings. The smallest absolute Gasteiger partial charge is 0.268 e. The molecule has 0 saturated heterocycles. The van der Waals surface area contributed by atoms with Crippen molar-refractivity contribution >= 4 is 13.7 Å². The summed E-state index contributed by atoms with van der Waals surface area (Å²) in [5, 5.41) is 14.0. The van der Waals surface area contributed by atoms with Gasteiger partial charge in [0.05, 0.1) is 39.9 Å². The summed E-state index contributed by atoms with van der Waals surface area (Å²) in [6.45, 7) is 4.58. The second-order valence-corrected chi connectivity index (χ2v) is 27.0. The summed E-state index contributed by atoms with van der Waals surface area (Å²) < 4.78 is 23.5. The number of carbonyl (C=O) groups excluding carboxylic acids is 1. The first-order chi connectivity index (χ1) is 40.5. The van der Waals surface area contributed by atoms with E-state index in [2.05, 4.69) is 79.9 Å². The van der Waals surface area contributed by atoms with Gasteiger partial charge < -0.3 is 28.8 Å². The van der Waals surface area contributed by atoms with E-state index in [-0.39, 0.29) is 19.1 Å². The molecule has 3 unspecified atom stereocenters. The van der Waals surface area contributed by atoms with Crippen molar-refractivity contribution in [3.05, 3.63) is 72.9 Å². The Morgan fingerprint density at radius 1 is 0.434 bits per heavy atom. The second kappa shape index (κ2) is 64.4. The third-order valence-corrected chi connectivity index (χ3v) is 17.1. The number of unbranched alkanes of at least 4 members (excludes halogenated alkanes) is 43.